The Morgan fingerprint density at radius 2 is 2.04 bits per heavy atom. The summed E-state index contributed by atoms with van der Waals surface area (Å²) in [5, 5.41) is 16.0. The van der Waals surface area contributed by atoms with Crippen LogP contribution in [-0.4, -0.2) is 38.2 Å². The predicted octanol–water partition coefficient (Wildman–Crippen LogP) is 3.54. The Morgan fingerprint density at radius 3 is 2.74 bits per heavy atom. The smallest absolute Gasteiger partial charge is 0.280 e. The van der Waals surface area contributed by atoms with Gasteiger partial charge in [0.1, 0.15) is 0 Å². The van der Waals surface area contributed by atoms with Crippen LogP contribution < -0.4 is 5.32 Å². The van der Waals surface area contributed by atoms with Gasteiger partial charge in [0, 0.05) is 12.5 Å². The maximum atomic E-state index is 5.49. The van der Waals surface area contributed by atoms with E-state index in [1.54, 1.807) is 0 Å². The van der Waals surface area contributed by atoms with Gasteiger partial charge in [-0.05, 0) is 44.0 Å². The molecule has 3 rings (SSSR count). The second-order valence-electron chi connectivity index (χ2n) is 7.21. The molecule has 0 saturated heterocycles. The Labute approximate surface area is 160 Å². The van der Waals surface area contributed by atoms with Crippen molar-refractivity contribution in [3.8, 4) is 17.3 Å². The highest BCUT2D eigenvalue weighted by Crippen LogP contribution is 2.25. The van der Waals surface area contributed by atoms with Crippen molar-refractivity contribution in [3.63, 3.8) is 0 Å². The van der Waals surface area contributed by atoms with Gasteiger partial charge >= 0.3 is 0 Å². The molecule has 1 atom stereocenters. The van der Waals surface area contributed by atoms with Gasteiger partial charge in [-0.2, -0.15) is 4.98 Å². The molecule has 0 spiro atoms. The summed E-state index contributed by atoms with van der Waals surface area (Å²) >= 11 is 0. The van der Waals surface area contributed by atoms with Crippen molar-refractivity contribution in [3.05, 3.63) is 41.3 Å². The summed E-state index contributed by atoms with van der Waals surface area (Å²) in [6.45, 7) is 8.59. The first-order chi connectivity index (χ1) is 13.0. The number of aromatic nitrogens is 5. The summed E-state index contributed by atoms with van der Waals surface area (Å²) in [5.41, 5.74) is 3.94. The molecule has 1 N–H and O–H groups in total. The first-order valence-corrected chi connectivity index (χ1v) is 9.58. The standard InChI is InChI=1S/C20H28N6O/c1-6-8-17-19(20-22-18(24-27-20)11-14(4)21-5)23-25-26(17)16-10-7-9-15(12-16)13(2)3/h7,9-10,12-14,21H,6,8,11H2,1-5H3. The molecule has 0 aliphatic carbocycles. The van der Waals surface area contributed by atoms with Crippen molar-refractivity contribution in [2.24, 2.45) is 0 Å². The minimum Gasteiger partial charge on any atom is -0.332 e. The number of nitrogens with one attached hydrogen (secondary N) is 1. The Balaban J connectivity index is 1.98. The highest BCUT2D eigenvalue weighted by atomic mass is 16.5. The van der Waals surface area contributed by atoms with Crippen molar-refractivity contribution in [1.29, 1.82) is 0 Å². The molecule has 0 saturated carbocycles. The number of nitrogens with zero attached hydrogens (tertiary/aromatic N) is 5. The first-order valence-electron chi connectivity index (χ1n) is 9.58. The number of hydrogen-bond acceptors (Lipinski definition) is 6. The Kier molecular flexibility index (Phi) is 6.01. The van der Waals surface area contributed by atoms with Gasteiger partial charge < -0.3 is 9.84 Å². The summed E-state index contributed by atoms with van der Waals surface area (Å²) < 4.78 is 7.38. The zero-order valence-electron chi connectivity index (χ0n) is 16.7. The van der Waals surface area contributed by atoms with E-state index in [-0.39, 0.29) is 6.04 Å². The number of hydrogen-bond donors (Lipinski definition) is 1. The lowest BCUT2D eigenvalue weighted by atomic mass is 10.0. The molecule has 27 heavy (non-hydrogen) atoms. The lowest BCUT2D eigenvalue weighted by Gasteiger charge is -2.10. The topological polar surface area (TPSA) is 81.7 Å². The lowest BCUT2D eigenvalue weighted by molar-refractivity contribution is 0.416. The van der Waals surface area contributed by atoms with E-state index < -0.39 is 0 Å². The zero-order chi connectivity index (χ0) is 19.4. The van der Waals surface area contributed by atoms with Crippen LogP contribution in [0.3, 0.4) is 0 Å². The summed E-state index contributed by atoms with van der Waals surface area (Å²) in [6.07, 6.45) is 2.51. The van der Waals surface area contributed by atoms with E-state index in [4.69, 9.17) is 4.52 Å². The van der Waals surface area contributed by atoms with E-state index in [0.717, 1.165) is 24.2 Å². The number of likely N-dealkylation sites (N-methyl/N-ethyl adjacent to an activating group) is 1. The molecule has 0 fully saturated rings. The van der Waals surface area contributed by atoms with Crippen LogP contribution in [0, 0.1) is 0 Å². The van der Waals surface area contributed by atoms with E-state index in [2.05, 4.69) is 77.7 Å². The molecular formula is C20H28N6O. The first kappa shape index (κ1) is 19.2. The SMILES string of the molecule is CCCc1c(-c2nc(CC(C)NC)no2)nnn1-c1cccc(C(C)C)c1. The van der Waals surface area contributed by atoms with Crippen LogP contribution in [-0.2, 0) is 12.8 Å². The Bertz CT molecular complexity index is 882. The largest absolute Gasteiger partial charge is 0.332 e. The maximum absolute atomic E-state index is 5.49. The van der Waals surface area contributed by atoms with E-state index in [1.165, 1.54) is 5.56 Å². The normalized spacial score (nSPS) is 12.7. The Morgan fingerprint density at radius 1 is 1.22 bits per heavy atom. The molecule has 1 aromatic carbocycles. The molecular weight excluding hydrogens is 340 g/mol. The van der Waals surface area contributed by atoms with Crippen molar-refractivity contribution in [2.45, 2.75) is 58.9 Å². The third kappa shape index (κ3) is 4.24. The molecule has 0 radical (unpaired) electrons. The van der Waals surface area contributed by atoms with Crippen molar-refractivity contribution in [2.75, 3.05) is 7.05 Å². The second-order valence-corrected chi connectivity index (χ2v) is 7.21. The molecule has 0 bridgehead atoms. The monoisotopic (exact) mass is 368 g/mol. The van der Waals surface area contributed by atoms with Gasteiger partial charge in [-0.15, -0.1) is 5.10 Å². The fourth-order valence-corrected chi connectivity index (χ4v) is 2.96. The van der Waals surface area contributed by atoms with Crippen LogP contribution in [0.2, 0.25) is 0 Å². The molecule has 0 aliphatic rings. The number of rotatable bonds is 8. The van der Waals surface area contributed by atoms with Crippen LogP contribution in [0.1, 0.15) is 57.1 Å². The molecule has 144 valence electrons. The molecule has 0 aliphatic heterocycles. The third-order valence-electron chi connectivity index (χ3n) is 4.68. The van der Waals surface area contributed by atoms with Crippen LogP contribution >= 0.6 is 0 Å². The fourth-order valence-electron chi connectivity index (χ4n) is 2.96. The average molecular weight is 368 g/mol. The van der Waals surface area contributed by atoms with Crippen molar-refractivity contribution >= 4 is 0 Å². The Hall–Kier alpha value is -2.54. The van der Waals surface area contributed by atoms with Gasteiger partial charge in [0.25, 0.3) is 5.89 Å². The highest BCUT2D eigenvalue weighted by molar-refractivity contribution is 5.52. The van der Waals surface area contributed by atoms with Gasteiger partial charge in [0.05, 0.1) is 11.4 Å². The molecule has 0 amide bonds. The maximum Gasteiger partial charge on any atom is 0.280 e. The van der Waals surface area contributed by atoms with Crippen LogP contribution in [0.15, 0.2) is 28.8 Å². The minimum atomic E-state index is 0.278. The molecule has 7 nitrogen and oxygen atoms in total. The van der Waals surface area contributed by atoms with Crippen molar-refractivity contribution < 1.29 is 4.52 Å². The quantitative estimate of drug-likeness (QED) is 0.655. The second kappa shape index (κ2) is 8.43. The average Bonchev–Trinajstić information content (AvgIpc) is 3.29. The van der Waals surface area contributed by atoms with Crippen molar-refractivity contribution in [1.82, 2.24) is 30.5 Å². The number of benzene rings is 1. The van der Waals surface area contributed by atoms with Gasteiger partial charge in [0.2, 0.25) is 0 Å². The van der Waals surface area contributed by atoms with Gasteiger partial charge in [-0.25, -0.2) is 4.68 Å². The predicted molar refractivity (Wildman–Crippen MR) is 105 cm³/mol. The van der Waals surface area contributed by atoms with E-state index in [1.807, 2.05) is 11.7 Å². The zero-order valence-corrected chi connectivity index (χ0v) is 16.7. The molecule has 3 aromatic rings. The molecule has 1 unspecified atom stereocenters. The molecule has 2 aromatic heterocycles. The van der Waals surface area contributed by atoms with E-state index >= 15 is 0 Å². The van der Waals surface area contributed by atoms with Crippen LogP contribution in [0.25, 0.3) is 17.3 Å². The molecule has 2 heterocycles. The van der Waals surface area contributed by atoms with Gasteiger partial charge in [0.15, 0.2) is 11.5 Å². The van der Waals surface area contributed by atoms with Gasteiger partial charge in [-0.1, -0.05) is 49.7 Å². The summed E-state index contributed by atoms with van der Waals surface area (Å²) in [6, 6.07) is 8.69. The van der Waals surface area contributed by atoms with E-state index in [0.29, 0.717) is 29.7 Å². The summed E-state index contributed by atoms with van der Waals surface area (Å²) in [5.74, 6) is 1.56. The summed E-state index contributed by atoms with van der Waals surface area (Å²) in [7, 11) is 1.92. The van der Waals surface area contributed by atoms with Crippen LogP contribution in [0.5, 0.6) is 0 Å². The molecule has 7 heteroatoms. The lowest BCUT2D eigenvalue weighted by Crippen LogP contribution is -2.24. The highest BCUT2D eigenvalue weighted by Gasteiger charge is 2.21. The third-order valence-corrected chi connectivity index (χ3v) is 4.68. The minimum absolute atomic E-state index is 0.278. The van der Waals surface area contributed by atoms with E-state index in [9.17, 15) is 0 Å². The summed E-state index contributed by atoms with van der Waals surface area (Å²) in [4.78, 5) is 4.53. The van der Waals surface area contributed by atoms with Gasteiger partial charge in [-0.3, -0.25) is 0 Å². The fraction of sp³-hybridized carbons (Fsp3) is 0.500. The van der Waals surface area contributed by atoms with Crippen LogP contribution in [0.4, 0.5) is 0 Å².